The molecule has 0 aliphatic rings. The Morgan fingerprint density at radius 1 is 1.26 bits per heavy atom. The molecule has 0 unspecified atom stereocenters. The number of amides is 1. The first-order valence-electron chi connectivity index (χ1n) is 5.25. The molecule has 7 heteroatoms. The number of aromatic amines is 1. The molecule has 0 aliphatic carbocycles. The molecule has 2 aromatic rings. The molecule has 0 atom stereocenters. The summed E-state index contributed by atoms with van der Waals surface area (Å²) in [4.78, 5) is 39.8. The normalized spacial score (nSPS) is 9.89. The van der Waals surface area contributed by atoms with Crippen LogP contribution in [0.15, 0.2) is 41.6 Å². The zero-order valence-electron chi connectivity index (χ0n) is 9.58. The molecule has 0 saturated heterocycles. The summed E-state index contributed by atoms with van der Waals surface area (Å²) >= 11 is 0. The summed E-state index contributed by atoms with van der Waals surface area (Å²) in [6.45, 7) is 0. The van der Waals surface area contributed by atoms with Crippen molar-refractivity contribution < 1.29 is 14.7 Å². The van der Waals surface area contributed by atoms with Gasteiger partial charge in [-0.25, -0.2) is 4.79 Å². The first-order chi connectivity index (χ1) is 9.08. The van der Waals surface area contributed by atoms with Gasteiger partial charge in [0.2, 0.25) is 5.56 Å². The Labute approximate surface area is 106 Å². The monoisotopic (exact) mass is 259 g/mol. The van der Waals surface area contributed by atoms with E-state index in [2.05, 4.69) is 15.3 Å². The first-order valence-corrected chi connectivity index (χ1v) is 5.25. The zero-order valence-corrected chi connectivity index (χ0v) is 9.58. The van der Waals surface area contributed by atoms with Crippen molar-refractivity contribution in [3.63, 3.8) is 0 Å². The number of aromatic carboxylic acids is 1. The molecule has 19 heavy (non-hydrogen) atoms. The van der Waals surface area contributed by atoms with E-state index in [0.717, 1.165) is 0 Å². The summed E-state index contributed by atoms with van der Waals surface area (Å²) < 4.78 is 0. The van der Waals surface area contributed by atoms with Gasteiger partial charge in [0.15, 0.2) is 0 Å². The van der Waals surface area contributed by atoms with Gasteiger partial charge in [0.05, 0.1) is 23.0 Å². The quantitative estimate of drug-likeness (QED) is 0.751. The summed E-state index contributed by atoms with van der Waals surface area (Å²) in [5.74, 6) is -1.70. The van der Waals surface area contributed by atoms with Crippen LogP contribution in [0.3, 0.4) is 0 Å². The molecule has 0 aromatic carbocycles. The number of carbonyl (C=O) groups excluding carboxylic acids is 1. The number of nitrogens with zero attached hydrogens (tertiary/aromatic N) is 1. The molecular formula is C12H9N3O4. The summed E-state index contributed by atoms with van der Waals surface area (Å²) in [6.07, 6.45) is 3.81. The summed E-state index contributed by atoms with van der Waals surface area (Å²) in [6, 6.07) is 3.83. The van der Waals surface area contributed by atoms with Gasteiger partial charge in [0.25, 0.3) is 5.91 Å². The molecular weight excluding hydrogens is 250 g/mol. The van der Waals surface area contributed by atoms with Gasteiger partial charge in [-0.05, 0) is 12.1 Å². The third-order valence-corrected chi connectivity index (χ3v) is 2.35. The molecule has 0 radical (unpaired) electrons. The Morgan fingerprint density at radius 2 is 2.05 bits per heavy atom. The molecule has 0 aliphatic heterocycles. The maximum absolute atomic E-state index is 11.8. The number of H-pyrrole nitrogens is 1. The van der Waals surface area contributed by atoms with Crippen molar-refractivity contribution in [3.05, 3.63) is 58.3 Å². The molecule has 3 N–H and O–H groups in total. The lowest BCUT2D eigenvalue weighted by Crippen LogP contribution is -2.16. The summed E-state index contributed by atoms with van der Waals surface area (Å²) in [7, 11) is 0. The first kappa shape index (κ1) is 12.5. The molecule has 2 heterocycles. The van der Waals surface area contributed by atoms with Gasteiger partial charge < -0.3 is 15.4 Å². The number of anilines is 1. The Balaban J connectivity index is 2.26. The minimum atomic E-state index is -1.17. The fourth-order valence-electron chi connectivity index (χ4n) is 1.43. The van der Waals surface area contributed by atoms with Crippen molar-refractivity contribution in [1.29, 1.82) is 0 Å². The van der Waals surface area contributed by atoms with Gasteiger partial charge in [-0.15, -0.1) is 0 Å². The summed E-state index contributed by atoms with van der Waals surface area (Å²) in [5.41, 5.74) is -0.0945. The second-order valence-electron chi connectivity index (χ2n) is 3.62. The number of pyridine rings is 2. The Morgan fingerprint density at radius 3 is 2.68 bits per heavy atom. The fraction of sp³-hybridized carbons (Fsp3) is 0. The van der Waals surface area contributed by atoms with E-state index in [1.54, 1.807) is 0 Å². The lowest BCUT2D eigenvalue weighted by atomic mass is 10.2. The van der Waals surface area contributed by atoms with E-state index < -0.39 is 11.9 Å². The van der Waals surface area contributed by atoms with Crippen molar-refractivity contribution >= 4 is 17.6 Å². The maximum Gasteiger partial charge on any atom is 0.337 e. The highest BCUT2D eigenvalue weighted by atomic mass is 16.4. The molecule has 0 fully saturated rings. The van der Waals surface area contributed by atoms with Gasteiger partial charge in [-0.2, -0.15) is 0 Å². The third kappa shape index (κ3) is 2.83. The third-order valence-electron chi connectivity index (χ3n) is 2.35. The number of carboxylic acid groups (broad SMARTS) is 1. The van der Waals surface area contributed by atoms with E-state index in [4.69, 9.17) is 5.11 Å². The maximum atomic E-state index is 11.8. The van der Waals surface area contributed by atoms with Crippen LogP contribution in [-0.4, -0.2) is 27.0 Å². The molecule has 96 valence electrons. The van der Waals surface area contributed by atoms with Gasteiger partial charge in [0, 0.05) is 18.5 Å². The van der Waals surface area contributed by atoms with Crippen molar-refractivity contribution in [1.82, 2.24) is 9.97 Å². The van der Waals surface area contributed by atoms with Crippen molar-refractivity contribution in [2.24, 2.45) is 0 Å². The van der Waals surface area contributed by atoms with Crippen LogP contribution < -0.4 is 10.9 Å². The lowest BCUT2D eigenvalue weighted by Gasteiger charge is -2.07. The average molecular weight is 259 g/mol. The van der Waals surface area contributed by atoms with Crippen LogP contribution in [0, 0.1) is 0 Å². The van der Waals surface area contributed by atoms with E-state index >= 15 is 0 Å². The predicted octanol–water partition coefficient (Wildman–Crippen LogP) is 0.720. The number of nitrogens with one attached hydrogen (secondary N) is 2. The van der Waals surface area contributed by atoms with Crippen LogP contribution in [0.4, 0.5) is 5.69 Å². The van der Waals surface area contributed by atoms with E-state index in [1.807, 2.05) is 0 Å². The Bertz CT molecular complexity index is 673. The molecule has 2 aromatic heterocycles. The van der Waals surface area contributed by atoms with Crippen molar-refractivity contribution in [3.8, 4) is 0 Å². The van der Waals surface area contributed by atoms with E-state index in [-0.39, 0.29) is 22.4 Å². The van der Waals surface area contributed by atoms with Crippen LogP contribution in [0.25, 0.3) is 0 Å². The number of carboxylic acids is 1. The predicted molar refractivity (Wildman–Crippen MR) is 66.2 cm³/mol. The molecule has 0 bridgehead atoms. The van der Waals surface area contributed by atoms with E-state index in [1.165, 1.54) is 36.8 Å². The topological polar surface area (TPSA) is 112 Å². The molecule has 1 amide bonds. The largest absolute Gasteiger partial charge is 0.478 e. The lowest BCUT2D eigenvalue weighted by molar-refractivity contribution is 0.0698. The Hall–Kier alpha value is -2.96. The Kier molecular flexibility index (Phi) is 3.37. The highest BCUT2D eigenvalue weighted by Gasteiger charge is 2.13. The standard InChI is InChI=1S/C12H9N3O4/c16-10-2-1-7(5-14-10)11(17)15-9-6-13-4-3-8(9)12(18)19/h1-6H,(H,14,16)(H,15,17)(H,18,19). The van der Waals surface area contributed by atoms with Gasteiger partial charge in [0.1, 0.15) is 0 Å². The van der Waals surface area contributed by atoms with Crippen LogP contribution in [-0.2, 0) is 0 Å². The van der Waals surface area contributed by atoms with Gasteiger partial charge in [-0.1, -0.05) is 0 Å². The number of hydrogen-bond acceptors (Lipinski definition) is 4. The highest BCUT2D eigenvalue weighted by molar-refractivity contribution is 6.07. The number of rotatable bonds is 3. The van der Waals surface area contributed by atoms with Crippen LogP contribution >= 0.6 is 0 Å². The number of aromatic nitrogens is 2. The van der Waals surface area contributed by atoms with Crippen molar-refractivity contribution in [2.75, 3.05) is 5.32 Å². The second kappa shape index (κ2) is 5.13. The van der Waals surface area contributed by atoms with Crippen LogP contribution in [0.2, 0.25) is 0 Å². The van der Waals surface area contributed by atoms with E-state index in [9.17, 15) is 14.4 Å². The smallest absolute Gasteiger partial charge is 0.337 e. The van der Waals surface area contributed by atoms with Gasteiger partial charge >= 0.3 is 5.97 Å². The number of hydrogen-bond donors (Lipinski definition) is 3. The van der Waals surface area contributed by atoms with Gasteiger partial charge in [-0.3, -0.25) is 14.6 Å². The highest BCUT2D eigenvalue weighted by Crippen LogP contribution is 2.14. The average Bonchev–Trinajstić information content (AvgIpc) is 2.39. The second-order valence-corrected chi connectivity index (χ2v) is 3.62. The number of carbonyl (C=O) groups is 2. The van der Waals surface area contributed by atoms with Crippen molar-refractivity contribution in [2.45, 2.75) is 0 Å². The minimum absolute atomic E-state index is 0.0622. The molecule has 0 saturated carbocycles. The zero-order chi connectivity index (χ0) is 13.8. The SMILES string of the molecule is O=C(Nc1cnccc1C(=O)O)c1ccc(=O)[nH]c1. The fourth-order valence-corrected chi connectivity index (χ4v) is 1.43. The minimum Gasteiger partial charge on any atom is -0.478 e. The molecule has 0 spiro atoms. The van der Waals surface area contributed by atoms with Crippen LogP contribution in [0.1, 0.15) is 20.7 Å². The molecule has 7 nitrogen and oxygen atoms in total. The summed E-state index contributed by atoms with van der Waals surface area (Å²) in [5, 5.41) is 11.4. The molecule has 2 rings (SSSR count). The van der Waals surface area contributed by atoms with E-state index in [0.29, 0.717) is 0 Å². The van der Waals surface area contributed by atoms with Crippen LogP contribution in [0.5, 0.6) is 0 Å².